The van der Waals surface area contributed by atoms with Crippen LogP contribution in [0, 0.1) is 0 Å². The number of carbonyl (C=O) groups excluding carboxylic acids is 1. The Hall–Kier alpha value is -2.51. The fourth-order valence-corrected chi connectivity index (χ4v) is 4.13. The predicted molar refractivity (Wildman–Crippen MR) is 109 cm³/mol. The molecule has 2 aliphatic rings. The molecule has 0 bridgehead atoms. The molecule has 0 saturated carbocycles. The lowest BCUT2D eigenvalue weighted by Crippen LogP contribution is -2.27. The van der Waals surface area contributed by atoms with E-state index in [4.69, 9.17) is 26.4 Å². The van der Waals surface area contributed by atoms with E-state index in [-0.39, 0.29) is 12.7 Å². The first-order chi connectivity index (χ1) is 13.2. The Morgan fingerprint density at radius 3 is 2.89 bits per heavy atom. The highest BCUT2D eigenvalue weighted by Gasteiger charge is 2.32. The van der Waals surface area contributed by atoms with Gasteiger partial charge in [-0.2, -0.15) is 0 Å². The molecule has 27 heavy (non-hydrogen) atoms. The SMILES string of the molecule is CCOc1ccccc1/C=C1/SC(=S)N(Cc2ccc3c(c2)OCO3)C1=O. The van der Waals surface area contributed by atoms with Gasteiger partial charge in [0, 0.05) is 5.56 Å². The summed E-state index contributed by atoms with van der Waals surface area (Å²) in [6.07, 6.45) is 1.84. The standard InChI is InChI=1S/C20H17NO4S2/c1-2-23-15-6-4-3-5-14(15)10-18-19(22)21(20(26)27-18)11-13-7-8-16-17(9-13)25-12-24-16/h3-10H,2,11-12H2,1H3/b18-10+. The number of amides is 1. The van der Waals surface area contributed by atoms with Crippen LogP contribution in [0.15, 0.2) is 47.4 Å². The molecule has 0 spiro atoms. The zero-order valence-corrected chi connectivity index (χ0v) is 16.3. The first-order valence-corrected chi connectivity index (χ1v) is 9.74. The molecular weight excluding hydrogens is 382 g/mol. The Morgan fingerprint density at radius 1 is 1.22 bits per heavy atom. The van der Waals surface area contributed by atoms with Crippen molar-refractivity contribution in [3.8, 4) is 17.2 Å². The van der Waals surface area contributed by atoms with Crippen molar-refractivity contribution in [1.29, 1.82) is 0 Å². The summed E-state index contributed by atoms with van der Waals surface area (Å²) in [5.74, 6) is 2.06. The van der Waals surface area contributed by atoms with Gasteiger partial charge in [-0.15, -0.1) is 0 Å². The van der Waals surface area contributed by atoms with E-state index in [2.05, 4.69) is 0 Å². The number of para-hydroxylation sites is 1. The Bertz CT molecular complexity index is 941. The Kier molecular flexibility index (Phi) is 5.05. The summed E-state index contributed by atoms with van der Waals surface area (Å²) in [7, 11) is 0. The van der Waals surface area contributed by atoms with Crippen molar-refractivity contribution in [2.75, 3.05) is 13.4 Å². The second-order valence-corrected chi connectivity index (χ2v) is 7.60. The summed E-state index contributed by atoms with van der Waals surface area (Å²) in [6.45, 7) is 3.12. The second kappa shape index (κ2) is 7.62. The normalized spacial score (nSPS) is 17.1. The number of rotatable bonds is 5. The van der Waals surface area contributed by atoms with Gasteiger partial charge in [-0.1, -0.05) is 48.2 Å². The quantitative estimate of drug-likeness (QED) is 0.554. The minimum absolute atomic E-state index is 0.103. The van der Waals surface area contributed by atoms with Gasteiger partial charge in [0.2, 0.25) is 6.79 Å². The van der Waals surface area contributed by atoms with Crippen LogP contribution in [0.1, 0.15) is 18.1 Å². The number of benzene rings is 2. The van der Waals surface area contributed by atoms with Gasteiger partial charge in [-0.3, -0.25) is 9.69 Å². The fraction of sp³-hybridized carbons (Fsp3) is 0.200. The third kappa shape index (κ3) is 3.65. The van der Waals surface area contributed by atoms with Crippen LogP contribution in [0.2, 0.25) is 0 Å². The smallest absolute Gasteiger partial charge is 0.266 e. The molecule has 0 N–H and O–H groups in total. The molecule has 2 aliphatic heterocycles. The maximum absolute atomic E-state index is 12.9. The number of thioether (sulfide) groups is 1. The number of hydrogen-bond acceptors (Lipinski definition) is 6. The van der Waals surface area contributed by atoms with Crippen LogP contribution in [0.5, 0.6) is 17.2 Å². The molecule has 2 aromatic rings. The first kappa shape index (κ1) is 17.9. The highest BCUT2D eigenvalue weighted by atomic mass is 32.2. The molecule has 7 heteroatoms. The van der Waals surface area contributed by atoms with Gasteiger partial charge >= 0.3 is 0 Å². The third-order valence-corrected chi connectivity index (χ3v) is 5.53. The van der Waals surface area contributed by atoms with E-state index in [0.29, 0.717) is 28.1 Å². The van der Waals surface area contributed by atoms with Crippen molar-refractivity contribution in [3.63, 3.8) is 0 Å². The van der Waals surface area contributed by atoms with E-state index >= 15 is 0 Å². The number of nitrogens with zero attached hydrogens (tertiary/aromatic N) is 1. The molecule has 138 valence electrons. The van der Waals surface area contributed by atoms with Crippen LogP contribution >= 0.6 is 24.0 Å². The molecule has 0 radical (unpaired) electrons. The Morgan fingerprint density at radius 2 is 2.04 bits per heavy atom. The van der Waals surface area contributed by atoms with Gasteiger partial charge in [0.05, 0.1) is 18.1 Å². The summed E-state index contributed by atoms with van der Waals surface area (Å²) in [4.78, 5) is 15.1. The van der Waals surface area contributed by atoms with Crippen LogP contribution in [0.4, 0.5) is 0 Å². The van der Waals surface area contributed by atoms with Gasteiger partial charge in [-0.25, -0.2) is 0 Å². The molecule has 0 aliphatic carbocycles. The number of thiocarbonyl (C=S) groups is 1. The highest BCUT2D eigenvalue weighted by Crippen LogP contribution is 2.37. The third-order valence-electron chi connectivity index (χ3n) is 4.16. The maximum Gasteiger partial charge on any atom is 0.266 e. The molecule has 1 fully saturated rings. The van der Waals surface area contributed by atoms with Crippen LogP contribution < -0.4 is 14.2 Å². The van der Waals surface area contributed by atoms with Gasteiger partial charge in [0.15, 0.2) is 11.5 Å². The molecule has 0 atom stereocenters. The molecule has 1 saturated heterocycles. The largest absolute Gasteiger partial charge is 0.493 e. The molecular formula is C20H17NO4S2. The summed E-state index contributed by atoms with van der Waals surface area (Å²) >= 11 is 6.74. The lowest BCUT2D eigenvalue weighted by atomic mass is 10.1. The Balaban J connectivity index is 1.55. The van der Waals surface area contributed by atoms with Crippen LogP contribution in [0.25, 0.3) is 6.08 Å². The number of fused-ring (bicyclic) bond motifs is 1. The summed E-state index contributed by atoms with van der Waals surface area (Å²) in [5.41, 5.74) is 1.80. The number of ether oxygens (including phenoxy) is 3. The maximum atomic E-state index is 12.9. The van der Waals surface area contributed by atoms with E-state index in [1.54, 1.807) is 4.90 Å². The molecule has 0 aromatic heterocycles. The molecule has 2 aromatic carbocycles. The van der Waals surface area contributed by atoms with Crippen LogP contribution in [0.3, 0.4) is 0 Å². The summed E-state index contributed by atoms with van der Waals surface area (Å²) in [5, 5.41) is 0. The van der Waals surface area contributed by atoms with E-state index in [9.17, 15) is 4.79 Å². The van der Waals surface area contributed by atoms with Crippen LogP contribution in [-0.4, -0.2) is 28.5 Å². The van der Waals surface area contributed by atoms with Gasteiger partial charge in [0.1, 0.15) is 10.1 Å². The molecule has 5 nitrogen and oxygen atoms in total. The molecule has 2 heterocycles. The monoisotopic (exact) mass is 399 g/mol. The van der Waals surface area contributed by atoms with Gasteiger partial charge in [-0.05, 0) is 36.8 Å². The zero-order valence-electron chi connectivity index (χ0n) is 14.6. The number of carbonyl (C=O) groups is 1. The molecule has 1 amide bonds. The Labute approximate surface area is 166 Å². The van der Waals surface area contributed by atoms with Crippen molar-refractivity contribution in [3.05, 3.63) is 58.5 Å². The molecule has 4 rings (SSSR count). The first-order valence-electron chi connectivity index (χ1n) is 8.51. The van der Waals surface area contributed by atoms with E-state index in [1.165, 1.54) is 11.8 Å². The van der Waals surface area contributed by atoms with Crippen molar-refractivity contribution in [2.24, 2.45) is 0 Å². The predicted octanol–water partition coefficient (Wildman–Crippen LogP) is 4.22. The van der Waals surface area contributed by atoms with Crippen LogP contribution in [-0.2, 0) is 11.3 Å². The fourth-order valence-electron chi connectivity index (χ4n) is 2.89. The number of hydrogen-bond donors (Lipinski definition) is 0. The summed E-state index contributed by atoms with van der Waals surface area (Å²) in [6, 6.07) is 13.3. The average molecular weight is 399 g/mol. The summed E-state index contributed by atoms with van der Waals surface area (Å²) < 4.78 is 16.9. The minimum atomic E-state index is -0.103. The second-order valence-electron chi connectivity index (χ2n) is 5.93. The lowest BCUT2D eigenvalue weighted by molar-refractivity contribution is -0.122. The lowest BCUT2D eigenvalue weighted by Gasteiger charge is -2.14. The van der Waals surface area contributed by atoms with E-state index in [1.807, 2.05) is 55.5 Å². The van der Waals surface area contributed by atoms with Crippen molar-refractivity contribution in [1.82, 2.24) is 4.90 Å². The molecule has 0 unspecified atom stereocenters. The van der Waals surface area contributed by atoms with E-state index in [0.717, 1.165) is 22.6 Å². The highest BCUT2D eigenvalue weighted by molar-refractivity contribution is 8.26. The van der Waals surface area contributed by atoms with Crippen molar-refractivity contribution < 1.29 is 19.0 Å². The van der Waals surface area contributed by atoms with Gasteiger partial charge in [0.25, 0.3) is 5.91 Å². The van der Waals surface area contributed by atoms with E-state index < -0.39 is 0 Å². The minimum Gasteiger partial charge on any atom is -0.493 e. The van der Waals surface area contributed by atoms with Crippen molar-refractivity contribution in [2.45, 2.75) is 13.5 Å². The van der Waals surface area contributed by atoms with Gasteiger partial charge < -0.3 is 14.2 Å². The van der Waals surface area contributed by atoms with Crippen molar-refractivity contribution >= 4 is 40.3 Å². The topological polar surface area (TPSA) is 48.0 Å². The average Bonchev–Trinajstić information content (AvgIpc) is 3.23. The zero-order chi connectivity index (χ0) is 18.8.